The van der Waals surface area contributed by atoms with E-state index in [1.807, 2.05) is 13.8 Å². The summed E-state index contributed by atoms with van der Waals surface area (Å²) in [6, 6.07) is 0. The van der Waals surface area contributed by atoms with Gasteiger partial charge in [0.15, 0.2) is 12.6 Å². The summed E-state index contributed by atoms with van der Waals surface area (Å²) in [5, 5.41) is 0. The summed E-state index contributed by atoms with van der Waals surface area (Å²) >= 11 is 0. The third-order valence-corrected chi connectivity index (χ3v) is 3.71. The summed E-state index contributed by atoms with van der Waals surface area (Å²) in [6.45, 7) is 10.4. The Bertz CT molecular complexity index is 281. The molecule has 0 aromatic rings. The lowest BCUT2D eigenvalue weighted by Gasteiger charge is -2.16. The van der Waals surface area contributed by atoms with E-state index in [9.17, 15) is 0 Å². The first-order chi connectivity index (χ1) is 11.8. The van der Waals surface area contributed by atoms with Gasteiger partial charge in [-0.15, -0.1) is 0 Å². The van der Waals surface area contributed by atoms with Gasteiger partial charge >= 0.3 is 5.95 Å². The van der Waals surface area contributed by atoms with Gasteiger partial charge in [0, 0.05) is 6.42 Å². The molecule has 0 saturated heterocycles. The van der Waals surface area contributed by atoms with E-state index < -0.39 is 0 Å². The van der Waals surface area contributed by atoms with Crippen LogP contribution in [0.2, 0.25) is 0 Å². The van der Waals surface area contributed by atoms with Crippen molar-refractivity contribution in [3.63, 3.8) is 0 Å². The van der Waals surface area contributed by atoms with Crippen LogP contribution in [0.1, 0.15) is 91.9 Å². The van der Waals surface area contributed by atoms with E-state index in [4.69, 9.17) is 18.9 Å². The maximum Gasteiger partial charge on any atom is 0.321 e. The van der Waals surface area contributed by atoms with Crippen molar-refractivity contribution in [3.8, 4) is 0 Å². The molecule has 0 heterocycles. The molecular weight excluding hydrogens is 304 g/mol. The van der Waals surface area contributed by atoms with E-state index >= 15 is 0 Å². The van der Waals surface area contributed by atoms with Crippen LogP contribution in [-0.4, -0.2) is 26.6 Å². The fourth-order valence-corrected chi connectivity index (χ4v) is 2.46. The van der Waals surface area contributed by atoms with Crippen LogP contribution in [0.5, 0.6) is 0 Å². The van der Waals surface area contributed by atoms with Gasteiger partial charge in [-0.1, -0.05) is 58.8 Å². The standard InChI is InChI=1S/C20H40O4/c1-5-9-10-11-12-13-14-15-17-21-18-24-20(23-8-4)19(16-6-2)22-7-3/h5-18H2,1-4H3/b20-19-. The minimum Gasteiger partial charge on any atom is -0.491 e. The van der Waals surface area contributed by atoms with Gasteiger partial charge in [-0.2, -0.15) is 0 Å². The highest BCUT2D eigenvalue weighted by Gasteiger charge is 2.10. The topological polar surface area (TPSA) is 36.9 Å². The summed E-state index contributed by atoms with van der Waals surface area (Å²) in [7, 11) is 0. The Balaban J connectivity index is 3.78. The highest BCUT2D eigenvalue weighted by atomic mass is 16.7. The van der Waals surface area contributed by atoms with Crippen LogP contribution in [-0.2, 0) is 18.9 Å². The lowest BCUT2D eigenvalue weighted by Crippen LogP contribution is -2.09. The second-order valence-corrected chi connectivity index (χ2v) is 5.97. The third kappa shape index (κ3) is 13.5. The lowest BCUT2D eigenvalue weighted by atomic mass is 10.1. The second kappa shape index (κ2) is 18.4. The number of hydrogen-bond donors (Lipinski definition) is 0. The van der Waals surface area contributed by atoms with Crippen LogP contribution in [0, 0.1) is 0 Å². The molecule has 4 heteroatoms. The van der Waals surface area contributed by atoms with E-state index in [1.54, 1.807) is 0 Å². The molecule has 0 fully saturated rings. The molecule has 0 aromatic heterocycles. The van der Waals surface area contributed by atoms with Crippen LogP contribution in [0.4, 0.5) is 0 Å². The van der Waals surface area contributed by atoms with Gasteiger partial charge < -0.3 is 18.9 Å². The van der Waals surface area contributed by atoms with Gasteiger partial charge in [0.1, 0.15) is 0 Å². The first-order valence-corrected chi connectivity index (χ1v) is 9.99. The number of ether oxygens (including phenoxy) is 4. The Morgan fingerprint density at radius 1 is 0.625 bits per heavy atom. The van der Waals surface area contributed by atoms with Crippen molar-refractivity contribution in [1.82, 2.24) is 0 Å². The Labute approximate surface area is 149 Å². The average Bonchev–Trinajstić information content (AvgIpc) is 2.58. The molecule has 0 aliphatic heterocycles. The van der Waals surface area contributed by atoms with Crippen LogP contribution in [0.15, 0.2) is 11.7 Å². The Hall–Kier alpha value is -0.900. The monoisotopic (exact) mass is 344 g/mol. The summed E-state index contributed by atoms with van der Waals surface area (Å²) in [5.41, 5.74) is 0. The van der Waals surface area contributed by atoms with E-state index in [0.29, 0.717) is 19.2 Å². The number of hydrogen-bond acceptors (Lipinski definition) is 4. The van der Waals surface area contributed by atoms with Gasteiger partial charge in [-0.25, -0.2) is 0 Å². The predicted molar refractivity (Wildman–Crippen MR) is 99.7 cm³/mol. The van der Waals surface area contributed by atoms with Gasteiger partial charge in [0.05, 0.1) is 19.8 Å². The van der Waals surface area contributed by atoms with Crippen molar-refractivity contribution in [2.75, 3.05) is 26.6 Å². The van der Waals surface area contributed by atoms with Crippen LogP contribution in [0.3, 0.4) is 0 Å². The molecule has 0 aliphatic carbocycles. The largest absolute Gasteiger partial charge is 0.491 e. The maximum absolute atomic E-state index is 5.63. The number of allylic oxidation sites excluding steroid dienone is 1. The molecule has 0 bridgehead atoms. The molecule has 0 aromatic carbocycles. The van der Waals surface area contributed by atoms with Crippen molar-refractivity contribution in [2.24, 2.45) is 0 Å². The Morgan fingerprint density at radius 3 is 1.83 bits per heavy atom. The molecule has 0 spiro atoms. The smallest absolute Gasteiger partial charge is 0.321 e. The van der Waals surface area contributed by atoms with Gasteiger partial charge in [0.2, 0.25) is 0 Å². The molecule has 144 valence electrons. The maximum atomic E-state index is 5.63. The zero-order valence-corrected chi connectivity index (χ0v) is 16.5. The normalized spacial score (nSPS) is 12.0. The SMILES string of the molecule is CCCCCCCCCCOCO/C(OCC)=C(/CCC)OCC. The second-order valence-electron chi connectivity index (χ2n) is 5.97. The van der Waals surface area contributed by atoms with Crippen molar-refractivity contribution in [3.05, 3.63) is 11.7 Å². The van der Waals surface area contributed by atoms with Crippen molar-refractivity contribution < 1.29 is 18.9 Å². The molecule has 4 nitrogen and oxygen atoms in total. The fraction of sp³-hybridized carbons (Fsp3) is 0.900. The third-order valence-electron chi connectivity index (χ3n) is 3.71. The zero-order chi connectivity index (χ0) is 17.9. The molecule has 0 unspecified atom stereocenters. The molecule has 0 radical (unpaired) electrons. The van der Waals surface area contributed by atoms with E-state index in [1.165, 1.54) is 44.9 Å². The number of rotatable bonds is 18. The summed E-state index contributed by atoms with van der Waals surface area (Å²) < 4.78 is 22.4. The van der Waals surface area contributed by atoms with Crippen molar-refractivity contribution >= 4 is 0 Å². The molecule has 24 heavy (non-hydrogen) atoms. The lowest BCUT2D eigenvalue weighted by molar-refractivity contribution is -0.0822. The molecule has 0 saturated carbocycles. The summed E-state index contributed by atoms with van der Waals surface area (Å²) in [5.74, 6) is 1.27. The predicted octanol–water partition coefficient (Wildman–Crippen LogP) is 6.16. The molecule has 0 atom stereocenters. The Kier molecular flexibility index (Phi) is 17.7. The van der Waals surface area contributed by atoms with Crippen molar-refractivity contribution in [1.29, 1.82) is 0 Å². The Morgan fingerprint density at radius 2 is 1.25 bits per heavy atom. The minimum absolute atomic E-state index is 0.228. The highest BCUT2D eigenvalue weighted by molar-refractivity contribution is 4.94. The molecule has 0 aliphatic rings. The van der Waals surface area contributed by atoms with E-state index in [-0.39, 0.29) is 6.79 Å². The van der Waals surface area contributed by atoms with Gasteiger partial charge in [0.25, 0.3) is 0 Å². The van der Waals surface area contributed by atoms with Crippen LogP contribution >= 0.6 is 0 Å². The average molecular weight is 345 g/mol. The summed E-state index contributed by atoms with van der Waals surface area (Å²) in [4.78, 5) is 0. The molecule has 0 N–H and O–H groups in total. The molecule has 0 rings (SSSR count). The first kappa shape index (κ1) is 23.1. The minimum atomic E-state index is 0.228. The van der Waals surface area contributed by atoms with Gasteiger partial charge in [-0.3, -0.25) is 0 Å². The molecule has 0 amide bonds. The zero-order valence-electron chi connectivity index (χ0n) is 16.5. The van der Waals surface area contributed by atoms with Crippen LogP contribution < -0.4 is 0 Å². The van der Waals surface area contributed by atoms with E-state index in [0.717, 1.165) is 31.6 Å². The van der Waals surface area contributed by atoms with Crippen molar-refractivity contribution in [2.45, 2.75) is 91.9 Å². The van der Waals surface area contributed by atoms with Gasteiger partial charge in [-0.05, 0) is 26.7 Å². The number of unbranched alkanes of at least 4 members (excludes halogenated alkanes) is 7. The fourth-order valence-electron chi connectivity index (χ4n) is 2.46. The summed E-state index contributed by atoms with van der Waals surface area (Å²) in [6.07, 6.45) is 12.2. The van der Waals surface area contributed by atoms with Crippen LogP contribution in [0.25, 0.3) is 0 Å². The first-order valence-electron chi connectivity index (χ1n) is 9.99. The molecular formula is C20H40O4. The van der Waals surface area contributed by atoms with E-state index in [2.05, 4.69) is 13.8 Å². The highest BCUT2D eigenvalue weighted by Crippen LogP contribution is 2.16. The quantitative estimate of drug-likeness (QED) is 0.169.